The van der Waals surface area contributed by atoms with Crippen molar-refractivity contribution < 1.29 is 4.79 Å². The second-order valence-electron chi connectivity index (χ2n) is 6.65. The van der Waals surface area contributed by atoms with Gasteiger partial charge in [-0.3, -0.25) is 9.59 Å². The number of aromatic nitrogens is 1. The fourth-order valence-electron chi connectivity index (χ4n) is 3.61. The van der Waals surface area contributed by atoms with Gasteiger partial charge < -0.3 is 9.88 Å². The summed E-state index contributed by atoms with van der Waals surface area (Å²) in [6.45, 7) is 5.08. The maximum Gasteiger partial charge on any atom is 0.254 e. The topological polar surface area (TPSA) is 53.2 Å². The highest BCUT2D eigenvalue weighted by Crippen LogP contribution is 2.37. The highest BCUT2D eigenvalue weighted by Gasteiger charge is 2.40. The zero-order chi connectivity index (χ0) is 14.3. The Balaban J connectivity index is 1.84. The van der Waals surface area contributed by atoms with E-state index in [1.54, 1.807) is 0 Å². The Hall–Kier alpha value is -1.58. The Kier molecular flexibility index (Phi) is 3.40. The van der Waals surface area contributed by atoms with Gasteiger partial charge in [0, 0.05) is 29.9 Å². The van der Waals surface area contributed by atoms with Crippen LogP contribution in [-0.2, 0) is 6.42 Å². The number of H-pyrrole nitrogens is 1. The van der Waals surface area contributed by atoms with E-state index in [1.807, 2.05) is 11.0 Å². The van der Waals surface area contributed by atoms with E-state index in [4.69, 9.17) is 0 Å². The number of carbonyl (C=O) groups is 1. The van der Waals surface area contributed by atoms with Crippen molar-refractivity contribution in [3.8, 4) is 0 Å². The third-order valence-electron chi connectivity index (χ3n) is 4.45. The predicted molar refractivity (Wildman–Crippen MR) is 77.8 cm³/mol. The summed E-state index contributed by atoms with van der Waals surface area (Å²) in [5, 5.41) is 0. The summed E-state index contributed by atoms with van der Waals surface area (Å²) >= 11 is 0. The van der Waals surface area contributed by atoms with Gasteiger partial charge in [-0.1, -0.05) is 13.8 Å². The Morgan fingerprint density at radius 1 is 1.40 bits per heavy atom. The smallest absolute Gasteiger partial charge is 0.254 e. The van der Waals surface area contributed by atoms with Crippen LogP contribution < -0.4 is 5.56 Å². The van der Waals surface area contributed by atoms with E-state index in [9.17, 15) is 9.59 Å². The minimum atomic E-state index is -0.171. The highest BCUT2D eigenvalue weighted by molar-refractivity contribution is 5.94. The summed E-state index contributed by atoms with van der Waals surface area (Å²) < 4.78 is 0. The van der Waals surface area contributed by atoms with Crippen LogP contribution in [0.15, 0.2) is 16.9 Å². The van der Waals surface area contributed by atoms with Crippen molar-refractivity contribution in [2.45, 2.75) is 45.6 Å². The average Bonchev–Trinajstić information content (AvgIpc) is 2.98. The number of amides is 1. The molecule has 1 aromatic heterocycles. The van der Waals surface area contributed by atoms with Gasteiger partial charge >= 0.3 is 0 Å². The van der Waals surface area contributed by atoms with Crippen LogP contribution in [0.2, 0.25) is 0 Å². The Labute approximate surface area is 119 Å². The Morgan fingerprint density at radius 3 is 2.80 bits per heavy atom. The number of nitrogens with one attached hydrogen (secondary N) is 1. The molecule has 2 bridgehead atoms. The lowest BCUT2D eigenvalue weighted by molar-refractivity contribution is 0.0703. The second-order valence-corrected chi connectivity index (χ2v) is 6.65. The molecule has 1 saturated carbocycles. The molecule has 0 radical (unpaired) electrons. The zero-order valence-electron chi connectivity index (χ0n) is 12.2. The standard InChI is InChI=1S/C16H22N2O2/c1-10(2)5-13-7-12(8-15(19)17-13)16(20)18-9-11-3-4-14(18)6-11/h7-8,10-11,14H,3-6,9H2,1-2H3,(H,17,19)/t11-,14-/m0/s1. The lowest BCUT2D eigenvalue weighted by atomic mass is 10.0. The first kappa shape index (κ1) is 13.4. The van der Waals surface area contributed by atoms with Crippen molar-refractivity contribution >= 4 is 5.91 Å². The largest absolute Gasteiger partial charge is 0.335 e. The molecule has 3 rings (SSSR count). The number of hydrogen-bond donors (Lipinski definition) is 1. The zero-order valence-corrected chi connectivity index (χ0v) is 12.2. The molecule has 108 valence electrons. The van der Waals surface area contributed by atoms with Crippen LogP contribution in [0.4, 0.5) is 0 Å². The Bertz CT molecular complexity index is 576. The van der Waals surface area contributed by atoms with Gasteiger partial charge in [0.15, 0.2) is 0 Å². The van der Waals surface area contributed by atoms with Crippen LogP contribution in [0.1, 0.15) is 49.2 Å². The van der Waals surface area contributed by atoms with Gasteiger partial charge in [-0.05, 0) is 43.6 Å². The van der Waals surface area contributed by atoms with Crippen molar-refractivity contribution in [2.24, 2.45) is 11.8 Å². The number of hydrogen-bond acceptors (Lipinski definition) is 2. The summed E-state index contributed by atoms with van der Waals surface area (Å²) in [6.07, 6.45) is 4.32. The molecule has 1 N–H and O–H groups in total. The van der Waals surface area contributed by atoms with Crippen molar-refractivity contribution in [3.05, 3.63) is 33.7 Å². The normalized spacial score (nSPS) is 24.6. The molecule has 2 heterocycles. The molecule has 2 atom stereocenters. The maximum atomic E-state index is 12.6. The molecule has 2 aliphatic rings. The van der Waals surface area contributed by atoms with Crippen molar-refractivity contribution in [2.75, 3.05) is 6.54 Å². The lowest BCUT2D eigenvalue weighted by Gasteiger charge is -2.27. The fraction of sp³-hybridized carbons (Fsp3) is 0.625. The van der Waals surface area contributed by atoms with Crippen LogP contribution in [0.5, 0.6) is 0 Å². The van der Waals surface area contributed by atoms with Gasteiger partial charge in [0.25, 0.3) is 5.91 Å². The molecule has 1 aromatic rings. The number of piperidine rings is 1. The van der Waals surface area contributed by atoms with Crippen molar-refractivity contribution in [1.82, 2.24) is 9.88 Å². The van der Waals surface area contributed by atoms with E-state index < -0.39 is 0 Å². The molecular weight excluding hydrogens is 252 g/mol. The lowest BCUT2D eigenvalue weighted by Crippen LogP contribution is -2.38. The van der Waals surface area contributed by atoms with Gasteiger partial charge in [-0.15, -0.1) is 0 Å². The SMILES string of the molecule is CC(C)Cc1cc(C(=O)N2C[C@H]3CC[C@H]2C3)cc(=O)[nH]1. The number of likely N-dealkylation sites (tertiary alicyclic amines) is 1. The minimum Gasteiger partial charge on any atom is -0.335 e. The van der Waals surface area contributed by atoms with Crippen LogP contribution in [0.3, 0.4) is 0 Å². The van der Waals surface area contributed by atoms with Gasteiger partial charge in [0.1, 0.15) is 0 Å². The summed E-state index contributed by atoms with van der Waals surface area (Å²) in [6, 6.07) is 3.70. The molecule has 1 aliphatic carbocycles. The first-order valence-electron chi connectivity index (χ1n) is 7.57. The van der Waals surface area contributed by atoms with E-state index in [-0.39, 0.29) is 11.5 Å². The number of pyridine rings is 1. The van der Waals surface area contributed by atoms with E-state index in [1.165, 1.54) is 12.5 Å². The van der Waals surface area contributed by atoms with Gasteiger partial charge in [0.2, 0.25) is 5.56 Å². The quantitative estimate of drug-likeness (QED) is 0.918. The number of aromatic amines is 1. The van der Waals surface area contributed by atoms with Crippen molar-refractivity contribution in [1.29, 1.82) is 0 Å². The average molecular weight is 274 g/mol. The van der Waals surface area contributed by atoms with E-state index in [2.05, 4.69) is 18.8 Å². The monoisotopic (exact) mass is 274 g/mol. The summed E-state index contributed by atoms with van der Waals surface area (Å²) in [5.41, 5.74) is 1.24. The van der Waals surface area contributed by atoms with Crippen LogP contribution in [0.25, 0.3) is 0 Å². The molecule has 0 spiro atoms. The molecule has 1 aliphatic heterocycles. The van der Waals surface area contributed by atoms with Gasteiger partial charge in [0.05, 0.1) is 0 Å². The molecule has 0 aromatic carbocycles. The minimum absolute atomic E-state index is 0.0355. The summed E-state index contributed by atoms with van der Waals surface area (Å²) in [4.78, 5) is 29.2. The first-order chi connectivity index (χ1) is 9.52. The predicted octanol–water partition coefficient (Wildman–Crippen LogP) is 2.20. The molecule has 0 unspecified atom stereocenters. The van der Waals surface area contributed by atoms with Crippen LogP contribution in [-0.4, -0.2) is 28.4 Å². The molecule has 4 heteroatoms. The fourth-order valence-corrected chi connectivity index (χ4v) is 3.61. The number of carbonyl (C=O) groups excluding carboxylic acids is 1. The van der Waals surface area contributed by atoms with Gasteiger partial charge in [-0.25, -0.2) is 0 Å². The van der Waals surface area contributed by atoms with Gasteiger partial charge in [-0.2, -0.15) is 0 Å². The van der Waals surface area contributed by atoms with E-state index >= 15 is 0 Å². The maximum absolute atomic E-state index is 12.6. The molecule has 1 amide bonds. The number of fused-ring (bicyclic) bond motifs is 2. The molecular formula is C16H22N2O2. The highest BCUT2D eigenvalue weighted by atomic mass is 16.2. The molecule has 4 nitrogen and oxygen atoms in total. The summed E-state index contributed by atoms with van der Waals surface area (Å²) in [7, 11) is 0. The van der Waals surface area contributed by atoms with E-state index in [0.29, 0.717) is 23.4 Å². The number of rotatable bonds is 3. The first-order valence-corrected chi connectivity index (χ1v) is 7.57. The molecule has 2 fully saturated rings. The number of nitrogens with zero attached hydrogens (tertiary/aromatic N) is 1. The van der Waals surface area contributed by atoms with E-state index in [0.717, 1.165) is 31.5 Å². The third-order valence-corrected chi connectivity index (χ3v) is 4.45. The molecule has 20 heavy (non-hydrogen) atoms. The van der Waals surface area contributed by atoms with Crippen LogP contribution in [0, 0.1) is 11.8 Å². The Morgan fingerprint density at radius 2 is 2.20 bits per heavy atom. The molecule has 1 saturated heterocycles. The van der Waals surface area contributed by atoms with Crippen LogP contribution >= 0.6 is 0 Å². The summed E-state index contributed by atoms with van der Waals surface area (Å²) in [5.74, 6) is 1.17. The second kappa shape index (κ2) is 5.08. The third kappa shape index (κ3) is 2.51. The van der Waals surface area contributed by atoms with Crippen molar-refractivity contribution in [3.63, 3.8) is 0 Å².